The summed E-state index contributed by atoms with van der Waals surface area (Å²) in [5.74, 6) is 0.0236. The first kappa shape index (κ1) is 20.6. The fourth-order valence-corrected chi connectivity index (χ4v) is 4.38. The highest BCUT2D eigenvalue weighted by atomic mass is 79.9. The van der Waals surface area contributed by atoms with Gasteiger partial charge in [-0.25, -0.2) is 0 Å². The molecular weight excluding hydrogens is 432 g/mol. The molecular formula is C19H25BrN2O4S. The highest BCUT2D eigenvalue weighted by molar-refractivity contribution is 9.10. The van der Waals surface area contributed by atoms with E-state index >= 15 is 0 Å². The Labute approximate surface area is 172 Å². The second-order valence-corrected chi connectivity index (χ2v) is 8.56. The molecule has 0 saturated carbocycles. The summed E-state index contributed by atoms with van der Waals surface area (Å²) < 4.78 is 12.2. The van der Waals surface area contributed by atoms with Crippen molar-refractivity contribution >= 4 is 39.5 Å². The Morgan fingerprint density at radius 1 is 1.26 bits per heavy atom. The molecule has 2 aliphatic heterocycles. The molecule has 0 radical (unpaired) electrons. The summed E-state index contributed by atoms with van der Waals surface area (Å²) in [5.41, 5.74) is 0.532. The Hall–Kier alpha value is -1.09. The van der Waals surface area contributed by atoms with Crippen molar-refractivity contribution < 1.29 is 19.1 Å². The van der Waals surface area contributed by atoms with Crippen molar-refractivity contribution in [1.82, 2.24) is 10.2 Å². The monoisotopic (exact) mass is 456 g/mol. The van der Waals surface area contributed by atoms with E-state index in [4.69, 9.17) is 9.47 Å². The second kappa shape index (κ2) is 9.41. The van der Waals surface area contributed by atoms with Crippen molar-refractivity contribution in [1.29, 1.82) is 0 Å². The zero-order chi connectivity index (χ0) is 19.3. The lowest BCUT2D eigenvalue weighted by Gasteiger charge is -2.38. The number of piperidine rings is 1. The van der Waals surface area contributed by atoms with Gasteiger partial charge in [-0.1, -0.05) is 12.1 Å². The van der Waals surface area contributed by atoms with Crippen molar-refractivity contribution in [2.45, 2.75) is 31.1 Å². The zero-order valence-electron chi connectivity index (χ0n) is 15.4. The third kappa shape index (κ3) is 5.04. The van der Waals surface area contributed by atoms with Gasteiger partial charge in [0.05, 0.1) is 18.8 Å². The van der Waals surface area contributed by atoms with Crippen molar-refractivity contribution in [2.75, 3.05) is 38.3 Å². The maximum absolute atomic E-state index is 13.1. The van der Waals surface area contributed by atoms with Crippen LogP contribution in [-0.4, -0.2) is 66.9 Å². The summed E-state index contributed by atoms with van der Waals surface area (Å²) in [6.07, 6.45) is 3.94. The van der Waals surface area contributed by atoms with Gasteiger partial charge in [-0.2, -0.15) is 11.8 Å². The van der Waals surface area contributed by atoms with Gasteiger partial charge in [0.25, 0.3) is 5.91 Å². The molecule has 0 aliphatic carbocycles. The Kier molecular flexibility index (Phi) is 7.19. The first-order valence-corrected chi connectivity index (χ1v) is 11.3. The number of nitrogens with one attached hydrogen (secondary N) is 1. The molecule has 2 saturated heterocycles. The van der Waals surface area contributed by atoms with Gasteiger partial charge in [-0.05, 0) is 46.5 Å². The fourth-order valence-electron chi connectivity index (χ4n) is 3.45. The van der Waals surface area contributed by atoms with Crippen LogP contribution in [0.1, 0.15) is 29.6 Å². The zero-order valence-corrected chi connectivity index (χ0v) is 17.8. The normalized spacial score (nSPS) is 19.9. The number of rotatable bonds is 6. The maximum atomic E-state index is 13.1. The summed E-state index contributed by atoms with van der Waals surface area (Å²) in [6, 6.07) is 6.70. The van der Waals surface area contributed by atoms with Crippen LogP contribution in [0.5, 0.6) is 0 Å². The van der Waals surface area contributed by atoms with E-state index in [-0.39, 0.29) is 11.8 Å². The molecule has 1 unspecified atom stereocenters. The average molecular weight is 457 g/mol. The van der Waals surface area contributed by atoms with E-state index in [1.807, 2.05) is 29.4 Å². The molecule has 1 atom stereocenters. The minimum Gasteiger partial charge on any atom is -0.347 e. The third-order valence-corrected chi connectivity index (χ3v) is 6.32. The molecule has 2 fully saturated rings. The molecule has 2 aliphatic rings. The molecule has 148 valence electrons. The minimum absolute atomic E-state index is 0.0303. The number of halogens is 1. The van der Waals surface area contributed by atoms with E-state index in [2.05, 4.69) is 21.2 Å². The van der Waals surface area contributed by atoms with Crippen molar-refractivity contribution in [2.24, 2.45) is 0 Å². The molecule has 6 nitrogen and oxygen atoms in total. The van der Waals surface area contributed by atoms with Gasteiger partial charge >= 0.3 is 0 Å². The molecule has 1 N–H and O–H groups in total. The van der Waals surface area contributed by atoms with Crippen LogP contribution in [-0.2, 0) is 14.3 Å². The molecule has 1 aromatic rings. The van der Waals surface area contributed by atoms with E-state index < -0.39 is 11.8 Å². The van der Waals surface area contributed by atoms with Gasteiger partial charge in [0, 0.05) is 30.4 Å². The Morgan fingerprint density at radius 2 is 1.93 bits per heavy atom. The lowest BCUT2D eigenvalue weighted by molar-refractivity contribution is -0.187. The summed E-state index contributed by atoms with van der Waals surface area (Å²) in [6.45, 7) is 2.40. The quantitative estimate of drug-likeness (QED) is 0.712. The van der Waals surface area contributed by atoms with Crippen molar-refractivity contribution in [3.63, 3.8) is 0 Å². The predicted octanol–water partition coefficient (Wildman–Crippen LogP) is 2.67. The number of hydrogen-bond acceptors (Lipinski definition) is 5. The minimum atomic E-state index is -0.531. The summed E-state index contributed by atoms with van der Waals surface area (Å²) in [4.78, 5) is 27.6. The fraction of sp³-hybridized carbons (Fsp3) is 0.579. The predicted molar refractivity (Wildman–Crippen MR) is 109 cm³/mol. The first-order valence-electron chi connectivity index (χ1n) is 9.16. The number of thioether (sulfide) groups is 1. The van der Waals surface area contributed by atoms with E-state index in [9.17, 15) is 9.59 Å². The Bertz CT molecular complexity index is 671. The lowest BCUT2D eigenvalue weighted by Crippen LogP contribution is -2.54. The van der Waals surface area contributed by atoms with Gasteiger partial charge in [0.15, 0.2) is 5.79 Å². The number of amides is 2. The number of benzene rings is 1. The van der Waals surface area contributed by atoms with Crippen LogP contribution in [0.2, 0.25) is 0 Å². The van der Waals surface area contributed by atoms with Crippen LogP contribution < -0.4 is 5.32 Å². The number of hydrogen-bond donors (Lipinski definition) is 1. The number of nitrogens with zero attached hydrogens (tertiary/aromatic N) is 1. The molecule has 1 spiro atoms. The van der Waals surface area contributed by atoms with Crippen molar-refractivity contribution in [3.8, 4) is 0 Å². The van der Waals surface area contributed by atoms with E-state index in [0.717, 1.165) is 5.75 Å². The second-order valence-electron chi connectivity index (χ2n) is 6.72. The molecule has 2 heterocycles. The van der Waals surface area contributed by atoms with Crippen LogP contribution in [0.25, 0.3) is 0 Å². The largest absolute Gasteiger partial charge is 0.347 e. The van der Waals surface area contributed by atoms with Crippen LogP contribution in [0, 0.1) is 0 Å². The summed E-state index contributed by atoms with van der Waals surface area (Å²) >= 11 is 5.06. The molecule has 0 aromatic heterocycles. The van der Waals surface area contributed by atoms with Gasteiger partial charge < -0.3 is 19.7 Å². The highest BCUT2D eigenvalue weighted by Crippen LogP contribution is 2.31. The van der Waals surface area contributed by atoms with Gasteiger partial charge in [-0.3, -0.25) is 9.59 Å². The molecule has 27 heavy (non-hydrogen) atoms. The van der Waals surface area contributed by atoms with E-state index in [1.54, 1.807) is 17.8 Å². The standard InChI is InChI=1S/C19H25BrN2O4S/c1-27-13-6-16(21-17(23)14-4-2-3-5-15(14)20)18(24)22-9-7-19(8-10-22)25-11-12-26-19/h2-5,16H,6-13H2,1H3,(H,21,23). The SMILES string of the molecule is CSCCC(NC(=O)c1ccccc1Br)C(=O)N1CCC2(CC1)OCCO2. The number of likely N-dealkylation sites (tertiary alicyclic amines) is 1. The molecule has 3 rings (SSSR count). The molecule has 8 heteroatoms. The Balaban J connectivity index is 1.64. The van der Waals surface area contributed by atoms with E-state index in [1.165, 1.54) is 0 Å². The molecule has 1 aromatic carbocycles. The highest BCUT2D eigenvalue weighted by Gasteiger charge is 2.41. The third-order valence-electron chi connectivity index (χ3n) is 4.98. The summed E-state index contributed by atoms with van der Waals surface area (Å²) in [7, 11) is 0. The van der Waals surface area contributed by atoms with Crippen LogP contribution in [0.4, 0.5) is 0 Å². The van der Waals surface area contributed by atoms with Crippen molar-refractivity contribution in [3.05, 3.63) is 34.3 Å². The van der Waals surface area contributed by atoms with Gasteiger partial charge in [0.2, 0.25) is 5.91 Å². The Morgan fingerprint density at radius 3 is 2.56 bits per heavy atom. The van der Waals surface area contributed by atoms with Crippen LogP contribution in [0.15, 0.2) is 28.7 Å². The molecule has 2 amide bonds. The van der Waals surface area contributed by atoms with E-state index in [0.29, 0.717) is 55.6 Å². The number of carbonyl (C=O) groups is 2. The average Bonchev–Trinajstić information content (AvgIpc) is 3.13. The number of carbonyl (C=O) groups excluding carboxylic acids is 2. The van der Waals surface area contributed by atoms with Gasteiger partial charge in [-0.15, -0.1) is 0 Å². The van der Waals surface area contributed by atoms with Crippen LogP contribution >= 0.6 is 27.7 Å². The molecule has 0 bridgehead atoms. The smallest absolute Gasteiger partial charge is 0.253 e. The topological polar surface area (TPSA) is 67.9 Å². The van der Waals surface area contributed by atoms with Gasteiger partial charge in [0.1, 0.15) is 6.04 Å². The van der Waals surface area contributed by atoms with Crippen LogP contribution in [0.3, 0.4) is 0 Å². The first-order chi connectivity index (χ1) is 13.0. The maximum Gasteiger partial charge on any atom is 0.253 e. The number of ether oxygens (including phenoxy) is 2. The lowest BCUT2D eigenvalue weighted by atomic mass is 10.0. The summed E-state index contributed by atoms with van der Waals surface area (Å²) in [5, 5.41) is 2.93.